The molecule has 0 aliphatic carbocycles. The van der Waals surface area contributed by atoms with Gasteiger partial charge >= 0.3 is 0 Å². The van der Waals surface area contributed by atoms with Crippen LogP contribution in [0.4, 0.5) is 5.82 Å². The first-order chi connectivity index (χ1) is 11.5. The Morgan fingerprint density at radius 1 is 1.16 bits per heavy atom. The molecule has 0 bridgehead atoms. The largest absolute Gasteiger partial charge is 0.394 e. The maximum absolute atomic E-state index is 9.81. The fraction of sp³-hybridized carbons (Fsp3) is 0.706. The van der Waals surface area contributed by atoms with Crippen molar-refractivity contribution in [1.82, 2.24) is 19.5 Å². The Balaban J connectivity index is 0.00000225. The molecule has 0 radical (unpaired) electrons. The van der Waals surface area contributed by atoms with E-state index in [9.17, 15) is 5.11 Å². The number of rotatable bonds is 5. The topological polar surface area (TPSA) is 85.1 Å². The van der Waals surface area contributed by atoms with Gasteiger partial charge in [0.2, 0.25) is 0 Å². The van der Waals surface area contributed by atoms with Crippen LogP contribution in [0.15, 0.2) is 12.7 Å². The van der Waals surface area contributed by atoms with Gasteiger partial charge in [0, 0.05) is 34.0 Å². The van der Waals surface area contributed by atoms with Crippen molar-refractivity contribution in [2.45, 2.75) is 40.0 Å². The van der Waals surface area contributed by atoms with Gasteiger partial charge < -0.3 is 15.2 Å². The molecule has 0 amide bonds. The van der Waals surface area contributed by atoms with Crippen molar-refractivity contribution < 1.29 is 30.9 Å². The second-order valence-electron chi connectivity index (χ2n) is 7.19. The number of anilines is 1. The first kappa shape index (κ1) is 20.3. The van der Waals surface area contributed by atoms with Gasteiger partial charge in [-0.3, -0.25) is 4.57 Å². The van der Waals surface area contributed by atoms with Crippen LogP contribution in [0.1, 0.15) is 33.9 Å². The first-order valence-corrected chi connectivity index (χ1v) is 8.61. The molecule has 3 heterocycles. The van der Waals surface area contributed by atoms with E-state index in [-0.39, 0.29) is 45.9 Å². The molecule has 25 heavy (non-hydrogen) atoms. The van der Waals surface area contributed by atoms with E-state index in [0.29, 0.717) is 23.6 Å². The standard InChI is InChI=1S/C17H27N5O2.W/c1-9(2)12-11(6-23)24-17(13(12)10(3)4)22-8-21-14-15(18-5)19-7-20-16(14)22;/h7-13,17,23H,6H2,1-5H3,(H,18,19,20);/t11-,12+,13?,17-;/m1./s1. The summed E-state index contributed by atoms with van der Waals surface area (Å²) < 4.78 is 8.27. The molecule has 2 aromatic rings. The summed E-state index contributed by atoms with van der Waals surface area (Å²) in [7, 11) is 1.82. The predicted molar refractivity (Wildman–Crippen MR) is 92.5 cm³/mol. The number of fused-ring (bicyclic) bond motifs is 1. The second-order valence-corrected chi connectivity index (χ2v) is 7.19. The van der Waals surface area contributed by atoms with Gasteiger partial charge in [0.1, 0.15) is 18.1 Å². The summed E-state index contributed by atoms with van der Waals surface area (Å²) in [6.07, 6.45) is 2.97. The maximum Gasteiger partial charge on any atom is 0.167 e. The van der Waals surface area contributed by atoms with Crippen molar-refractivity contribution >= 4 is 17.0 Å². The van der Waals surface area contributed by atoms with Crippen LogP contribution < -0.4 is 5.32 Å². The van der Waals surface area contributed by atoms with Crippen molar-refractivity contribution in [3.8, 4) is 0 Å². The normalized spacial score (nSPS) is 26.4. The van der Waals surface area contributed by atoms with Crippen LogP contribution in [-0.4, -0.2) is 44.4 Å². The fourth-order valence-electron chi connectivity index (χ4n) is 4.08. The molecule has 8 heteroatoms. The average Bonchev–Trinajstić information content (AvgIpc) is 3.15. The molecule has 138 valence electrons. The predicted octanol–water partition coefficient (Wildman–Crippen LogP) is 2.30. The fourth-order valence-corrected chi connectivity index (χ4v) is 4.08. The summed E-state index contributed by atoms with van der Waals surface area (Å²) in [6.45, 7) is 8.85. The minimum atomic E-state index is -0.181. The molecular weight excluding hydrogens is 490 g/mol. The summed E-state index contributed by atoms with van der Waals surface area (Å²) in [4.78, 5) is 13.1. The Morgan fingerprint density at radius 3 is 2.40 bits per heavy atom. The van der Waals surface area contributed by atoms with Crippen molar-refractivity contribution in [3.63, 3.8) is 0 Å². The van der Waals surface area contributed by atoms with Crippen molar-refractivity contribution in [1.29, 1.82) is 0 Å². The Morgan fingerprint density at radius 2 is 1.84 bits per heavy atom. The molecule has 4 atom stereocenters. The summed E-state index contributed by atoms with van der Waals surface area (Å²) >= 11 is 0. The number of nitrogens with zero attached hydrogens (tertiary/aromatic N) is 4. The van der Waals surface area contributed by atoms with Gasteiger partial charge in [-0.2, -0.15) is 0 Å². The zero-order valence-corrected chi connectivity index (χ0v) is 18.3. The molecule has 3 rings (SSSR count). The van der Waals surface area contributed by atoms with Gasteiger partial charge in [-0.25, -0.2) is 15.0 Å². The minimum Gasteiger partial charge on any atom is -0.394 e. The van der Waals surface area contributed by atoms with Gasteiger partial charge in [0.15, 0.2) is 11.5 Å². The van der Waals surface area contributed by atoms with Crippen LogP contribution in [0.3, 0.4) is 0 Å². The minimum absolute atomic E-state index is 0. The van der Waals surface area contributed by atoms with E-state index in [1.165, 1.54) is 6.33 Å². The van der Waals surface area contributed by atoms with Gasteiger partial charge in [0.05, 0.1) is 19.0 Å². The smallest absolute Gasteiger partial charge is 0.167 e. The number of ether oxygens (including phenoxy) is 1. The average molecular weight is 517 g/mol. The molecule has 0 aromatic carbocycles. The number of nitrogens with one attached hydrogen (secondary N) is 1. The molecule has 1 fully saturated rings. The van der Waals surface area contributed by atoms with E-state index >= 15 is 0 Å². The van der Waals surface area contributed by atoms with E-state index in [2.05, 4.69) is 48.0 Å². The monoisotopic (exact) mass is 517 g/mol. The van der Waals surface area contributed by atoms with E-state index in [1.54, 1.807) is 6.33 Å². The van der Waals surface area contributed by atoms with Crippen LogP contribution in [-0.2, 0) is 25.8 Å². The molecule has 1 aliphatic rings. The number of hydrogen-bond acceptors (Lipinski definition) is 6. The Hall–Kier alpha value is -1.04. The number of aromatic nitrogens is 4. The molecule has 2 aromatic heterocycles. The zero-order chi connectivity index (χ0) is 17.4. The van der Waals surface area contributed by atoms with Crippen LogP contribution in [0.25, 0.3) is 11.2 Å². The number of aliphatic hydroxyl groups is 1. The summed E-state index contributed by atoms with van der Waals surface area (Å²) in [6, 6.07) is 0. The van der Waals surface area contributed by atoms with Crippen molar-refractivity contribution in [2.75, 3.05) is 19.0 Å². The van der Waals surface area contributed by atoms with Crippen molar-refractivity contribution in [3.05, 3.63) is 12.7 Å². The van der Waals surface area contributed by atoms with E-state index in [1.807, 2.05) is 11.6 Å². The van der Waals surface area contributed by atoms with Gasteiger partial charge in [-0.05, 0) is 17.8 Å². The molecule has 1 aliphatic heterocycles. The summed E-state index contributed by atoms with van der Waals surface area (Å²) in [5.74, 6) is 2.13. The van der Waals surface area contributed by atoms with Crippen LogP contribution in [0.2, 0.25) is 0 Å². The molecule has 1 unspecified atom stereocenters. The number of imidazole rings is 1. The Kier molecular flexibility index (Phi) is 6.57. The molecule has 0 spiro atoms. The third-order valence-corrected chi connectivity index (χ3v) is 5.11. The van der Waals surface area contributed by atoms with Gasteiger partial charge in [-0.1, -0.05) is 27.7 Å². The summed E-state index contributed by atoms with van der Waals surface area (Å²) in [5.41, 5.74) is 1.49. The SMILES string of the molecule is CNc1ncnc2c1ncn2[C@@H]1O[C@H](CO)[C@H](C(C)C)C1C(C)C.[W]. The van der Waals surface area contributed by atoms with E-state index in [4.69, 9.17) is 4.74 Å². The maximum atomic E-state index is 9.81. The van der Waals surface area contributed by atoms with Crippen LogP contribution in [0.5, 0.6) is 0 Å². The van der Waals surface area contributed by atoms with Crippen LogP contribution in [0, 0.1) is 23.7 Å². The number of aliphatic hydroxyl groups excluding tert-OH is 1. The zero-order valence-electron chi connectivity index (χ0n) is 15.4. The second kappa shape index (κ2) is 8.10. The molecular formula is C17H27N5O2W. The number of hydrogen-bond donors (Lipinski definition) is 2. The Bertz CT molecular complexity index is 705. The van der Waals surface area contributed by atoms with Crippen LogP contribution >= 0.6 is 0 Å². The van der Waals surface area contributed by atoms with Gasteiger partial charge in [0.25, 0.3) is 0 Å². The van der Waals surface area contributed by atoms with Gasteiger partial charge in [-0.15, -0.1) is 0 Å². The van der Waals surface area contributed by atoms with E-state index in [0.717, 1.165) is 11.2 Å². The summed E-state index contributed by atoms with van der Waals surface area (Å²) in [5, 5.41) is 12.9. The third-order valence-electron chi connectivity index (χ3n) is 5.11. The Labute approximate surface area is 162 Å². The third kappa shape index (κ3) is 3.46. The molecule has 7 nitrogen and oxygen atoms in total. The first-order valence-electron chi connectivity index (χ1n) is 8.61. The quantitative estimate of drug-likeness (QED) is 0.634. The van der Waals surface area contributed by atoms with Crippen molar-refractivity contribution in [2.24, 2.45) is 23.7 Å². The molecule has 1 saturated heterocycles. The molecule has 2 N–H and O–H groups in total. The van der Waals surface area contributed by atoms with E-state index < -0.39 is 0 Å². The molecule has 0 saturated carbocycles.